The zero-order chi connectivity index (χ0) is 15.7. The molecule has 22 heavy (non-hydrogen) atoms. The van der Waals surface area contributed by atoms with Crippen molar-refractivity contribution in [1.82, 2.24) is 9.80 Å². The molecule has 122 valence electrons. The van der Waals surface area contributed by atoms with E-state index in [0.717, 1.165) is 38.3 Å². The van der Waals surface area contributed by atoms with Crippen molar-refractivity contribution in [2.75, 3.05) is 19.6 Å². The van der Waals surface area contributed by atoms with E-state index in [1.54, 1.807) is 0 Å². The Morgan fingerprint density at radius 2 is 1.91 bits per heavy atom. The van der Waals surface area contributed by atoms with Gasteiger partial charge in [0.25, 0.3) is 0 Å². The predicted molar refractivity (Wildman–Crippen MR) is 88.1 cm³/mol. The minimum atomic E-state index is -0.135. The van der Waals surface area contributed by atoms with Gasteiger partial charge in [-0.25, -0.2) is 0 Å². The maximum Gasteiger partial charge on any atom is 0.119 e. The zero-order valence-electron chi connectivity index (χ0n) is 13.9. The molecule has 4 heteroatoms. The monoisotopic (exact) mass is 304 g/mol. The Bertz CT molecular complexity index is 488. The Hall–Kier alpha value is -1.10. The molecule has 0 radical (unpaired) electrons. The van der Waals surface area contributed by atoms with Crippen molar-refractivity contribution in [3.63, 3.8) is 0 Å². The van der Waals surface area contributed by atoms with Gasteiger partial charge in [0.1, 0.15) is 5.75 Å². The topological polar surface area (TPSA) is 35.9 Å². The minimum absolute atomic E-state index is 0.135. The molecule has 2 aliphatic rings. The van der Waals surface area contributed by atoms with Crippen molar-refractivity contribution >= 4 is 0 Å². The largest absolute Gasteiger partial charge is 0.491 e. The molecule has 1 aromatic carbocycles. The first-order valence-electron chi connectivity index (χ1n) is 8.43. The molecular formula is C18H28N2O2. The maximum atomic E-state index is 9.85. The van der Waals surface area contributed by atoms with Crippen LogP contribution in [0.25, 0.3) is 0 Å². The normalized spacial score (nSPS) is 29.8. The maximum absolute atomic E-state index is 9.85. The molecule has 2 aliphatic heterocycles. The van der Waals surface area contributed by atoms with E-state index in [0.29, 0.717) is 12.1 Å². The molecule has 0 unspecified atom stereocenters. The molecule has 2 fully saturated rings. The first-order valence-corrected chi connectivity index (χ1v) is 8.43. The SMILES string of the molecule is CC(C)Oc1ccc(CN2C[C@@H]3C[C@@H](O)CN3C[C@H]2C)cc1. The average molecular weight is 304 g/mol. The van der Waals surface area contributed by atoms with Crippen LogP contribution in [0.2, 0.25) is 0 Å². The fraction of sp³-hybridized carbons (Fsp3) is 0.667. The van der Waals surface area contributed by atoms with E-state index < -0.39 is 0 Å². The molecular weight excluding hydrogens is 276 g/mol. The lowest BCUT2D eigenvalue weighted by Crippen LogP contribution is -2.54. The molecule has 0 aliphatic carbocycles. The molecule has 2 saturated heterocycles. The highest BCUT2D eigenvalue weighted by molar-refractivity contribution is 5.27. The highest BCUT2D eigenvalue weighted by Crippen LogP contribution is 2.26. The van der Waals surface area contributed by atoms with Crippen LogP contribution in [0.15, 0.2) is 24.3 Å². The number of aliphatic hydroxyl groups is 1. The number of aliphatic hydroxyl groups excluding tert-OH is 1. The van der Waals surface area contributed by atoms with Gasteiger partial charge < -0.3 is 9.84 Å². The summed E-state index contributed by atoms with van der Waals surface area (Å²) in [5.41, 5.74) is 1.33. The van der Waals surface area contributed by atoms with Crippen LogP contribution < -0.4 is 4.74 Å². The lowest BCUT2D eigenvalue weighted by atomic mass is 10.1. The molecule has 1 N–H and O–H groups in total. The molecule has 0 aromatic heterocycles. The van der Waals surface area contributed by atoms with E-state index in [9.17, 15) is 5.11 Å². The summed E-state index contributed by atoms with van der Waals surface area (Å²) in [6, 6.07) is 9.52. The third-order valence-electron chi connectivity index (χ3n) is 4.75. The van der Waals surface area contributed by atoms with Gasteiger partial charge >= 0.3 is 0 Å². The first kappa shape index (κ1) is 15.8. The van der Waals surface area contributed by atoms with Crippen molar-refractivity contribution in [2.24, 2.45) is 0 Å². The summed E-state index contributed by atoms with van der Waals surface area (Å²) in [6.45, 7) is 10.3. The van der Waals surface area contributed by atoms with E-state index in [1.807, 2.05) is 13.8 Å². The van der Waals surface area contributed by atoms with Gasteiger partial charge in [0, 0.05) is 38.3 Å². The van der Waals surface area contributed by atoms with Gasteiger partial charge in [0.15, 0.2) is 0 Å². The van der Waals surface area contributed by atoms with E-state index in [2.05, 4.69) is 41.0 Å². The van der Waals surface area contributed by atoms with Gasteiger partial charge in [0.05, 0.1) is 12.2 Å². The summed E-state index contributed by atoms with van der Waals surface area (Å²) in [4.78, 5) is 4.99. The third kappa shape index (κ3) is 3.62. The third-order valence-corrected chi connectivity index (χ3v) is 4.75. The summed E-state index contributed by atoms with van der Waals surface area (Å²) >= 11 is 0. The Morgan fingerprint density at radius 3 is 2.59 bits per heavy atom. The number of benzene rings is 1. The van der Waals surface area contributed by atoms with Crippen molar-refractivity contribution in [1.29, 1.82) is 0 Å². The molecule has 0 spiro atoms. The fourth-order valence-electron chi connectivity index (χ4n) is 3.68. The Labute approximate surface area is 133 Å². The van der Waals surface area contributed by atoms with Gasteiger partial charge in [-0.1, -0.05) is 12.1 Å². The lowest BCUT2D eigenvalue weighted by molar-refractivity contribution is 0.0528. The molecule has 0 saturated carbocycles. The Kier molecular flexibility index (Phi) is 4.71. The van der Waals surface area contributed by atoms with Crippen molar-refractivity contribution in [3.05, 3.63) is 29.8 Å². The van der Waals surface area contributed by atoms with Crippen LogP contribution in [0.3, 0.4) is 0 Å². The fourth-order valence-corrected chi connectivity index (χ4v) is 3.68. The summed E-state index contributed by atoms with van der Waals surface area (Å²) < 4.78 is 5.70. The average Bonchev–Trinajstić information content (AvgIpc) is 2.80. The van der Waals surface area contributed by atoms with Crippen LogP contribution in [0.5, 0.6) is 5.75 Å². The van der Waals surface area contributed by atoms with Crippen molar-refractivity contribution in [2.45, 2.75) is 58.0 Å². The molecule has 3 rings (SSSR count). The van der Waals surface area contributed by atoms with Gasteiger partial charge in [-0.15, -0.1) is 0 Å². The first-order chi connectivity index (χ1) is 10.5. The lowest BCUT2D eigenvalue weighted by Gasteiger charge is -2.42. The van der Waals surface area contributed by atoms with Gasteiger partial charge in [0.2, 0.25) is 0 Å². The van der Waals surface area contributed by atoms with Gasteiger partial charge in [-0.05, 0) is 44.9 Å². The second-order valence-electron chi connectivity index (χ2n) is 7.09. The van der Waals surface area contributed by atoms with Crippen LogP contribution in [-0.2, 0) is 6.54 Å². The summed E-state index contributed by atoms with van der Waals surface area (Å²) in [7, 11) is 0. The molecule has 3 atom stereocenters. The summed E-state index contributed by atoms with van der Waals surface area (Å²) in [5.74, 6) is 0.940. The summed E-state index contributed by atoms with van der Waals surface area (Å²) in [6.07, 6.45) is 1.00. The zero-order valence-corrected chi connectivity index (χ0v) is 13.9. The van der Waals surface area contributed by atoms with Gasteiger partial charge in [-0.3, -0.25) is 9.80 Å². The smallest absolute Gasteiger partial charge is 0.119 e. The molecule has 1 aromatic rings. The molecule has 2 heterocycles. The summed E-state index contributed by atoms with van der Waals surface area (Å²) in [5, 5.41) is 9.85. The number of piperazine rings is 1. The van der Waals surface area contributed by atoms with Crippen LogP contribution in [-0.4, -0.2) is 58.8 Å². The predicted octanol–water partition coefficient (Wildman–Crippen LogP) is 2.11. The van der Waals surface area contributed by atoms with E-state index >= 15 is 0 Å². The van der Waals surface area contributed by atoms with Crippen LogP contribution in [0.1, 0.15) is 32.8 Å². The van der Waals surface area contributed by atoms with Crippen molar-refractivity contribution in [3.8, 4) is 5.75 Å². The number of hydrogen-bond acceptors (Lipinski definition) is 4. The van der Waals surface area contributed by atoms with Gasteiger partial charge in [-0.2, -0.15) is 0 Å². The van der Waals surface area contributed by atoms with E-state index in [1.165, 1.54) is 5.56 Å². The number of hydrogen-bond donors (Lipinski definition) is 1. The number of fused-ring (bicyclic) bond motifs is 1. The van der Waals surface area contributed by atoms with Crippen LogP contribution in [0, 0.1) is 0 Å². The molecule has 0 amide bonds. The molecule has 0 bridgehead atoms. The van der Waals surface area contributed by atoms with Crippen molar-refractivity contribution < 1.29 is 9.84 Å². The van der Waals surface area contributed by atoms with Crippen LogP contribution >= 0.6 is 0 Å². The number of ether oxygens (including phenoxy) is 1. The standard InChI is InChI=1S/C18H28N2O2/c1-13(2)22-18-6-4-15(5-7-18)10-19-11-16-8-17(21)12-20(16)9-14(19)3/h4-7,13-14,16-17,21H,8-12H2,1-3H3/t14-,16+,17-/m1/s1. The van der Waals surface area contributed by atoms with E-state index in [-0.39, 0.29) is 12.2 Å². The second-order valence-corrected chi connectivity index (χ2v) is 7.09. The Morgan fingerprint density at radius 1 is 1.18 bits per heavy atom. The number of nitrogens with zero attached hydrogens (tertiary/aromatic N) is 2. The van der Waals surface area contributed by atoms with E-state index in [4.69, 9.17) is 4.74 Å². The van der Waals surface area contributed by atoms with Crippen LogP contribution in [0.4, 0.5) is 0 Å². The highest BCUT2D eigenvalue weighted by Gasteiger charge is 2.37. The Balaban J connectivity index is 1.60. The molecule has 4 nitrogen and oxygen atoms in total. The second kappa shape index (κ2) is 6.57. The quantitative estimate of drug-likeness (QED) is 0.924. The highest BCUT2D eigenvalue weighted by atomic mass is 16.5. The minimum Gasteiger partial charge on any atom is -0.491 e. The number of rotatable bonds is 4.